The van der Waals surface area contributed by atoms with E-state index in [-0.39, 0.29) is 18.0 Å². The number of fused-ring (bicyclic) bond motifs is 1. The van der Waals surface area contributed by atoms with E-state index < -0.39 is 0 Å². The van der Waals surface area contributed by atoms with Crippen molar-refractivity contribution in [3.63, 3.8) is 0 Å². The highest BCUT2D eigenvalue weighted by atomic mass is 19.1. The Kier molecular flexibility index (Phi) is 3.99. The lowest BCUT2D eigenvalue weighted by atomic mass is 10.1. The predicted molar refractivity (Wildman–Crippen MR) is 69.1 cm³/mol. The summed E-state index contributed by atoms with van der Waals surface area (Å²) in [5.41, 5.74) is 0.692. The van der Waals surface area contributed by atoms with E-state index >= 15 is 0 Å². The van der Waals surface area contributed by atoms with E-state index in [4.69, 9.17) is 9.15 Å². The van der Waals surface area contributed by atoms with E-state index in [1.165, 1.54) is 12.1 Å². The van der Waals surface area contributed by atoms with Crippen molar-refractivity contribution in [1.82, 2.24) is 5.32 Å². The molecule has 0 amide bonds. The van der Waals surface area contributed by atoms with Crippen LogP contribution in [0.15, 0.2) is 28.7 Å². The van der Waals surface area contributed by atoms with Crippen LogP contribution < -0.4 is 5.32 Å². The van der Waals surface area contributed by atoms with Gasteiger partial charge in [0.15, 0.2) is 0 Å². The molecule has 2 rings (SSSR count). The van der Waals surface area contributed by atoms with Gasteiger partial charge in [-0.15, -0.1) is 0 Å². The number of benzene rings is 1. The summed E-state index contributed by atoms with van der Waals surface area (Å²) in [6.07, 6.45) is 0.897. The van der Waals surface area contributed by atoms with Crippen LogP contribution in [0.4, 0.5) is 4.39 Å². The Morgan fingerprint density at radius 2 is 2.17 bits per heavy atom. The number of furan rings is 1. The molecule has 2 atom stereocenters. The van der Waals surface area contributed by atoms with E-state index in [2.05, 4.69) is 12.2 Å². The summed E-state index contributed by atoms with van der Waals surface area (Å²) in [5, 5.41) is 3.96. The summed E-state index contributed by atoms with van der Waals surface area (Å²) < 4.78 is 24.3. The first-order valence-corrected chi connectivity index (χ1v) is 6.08. The van der Waals surface area contributed by atoms with Gasteiger partial charge in [-0.25, -0.2) is 4.39 Å². The fourth-order valence-electron chi connectivity index (χ4n) is 2.24. The van der Waals surface area contributed by atoms with Gasteiger partial charge in [-0.2, -0.15) is 0 Å². The highest BCUT2D eigenvalue weighted by molar-refractivity contribution is 5.78. The van der Waals surface area contributed by atoms with Gasteiger partial charge in [0.1, 0.15) is 17.2 Å². The first kappa shape index (κ1) is 13.1. The molecule has 0 aliphatic rings. The highest BCUT2D eigenvalue weighted by Crippen LogP contribution is 2.28. The van der Waals surface area contributed by atoms with Gasteiger partial charge in [-0.1, -0.05) is 6.92 Å². The minimum atomic E-state index is -0.255. The quantitative estimate of drug-likeness (QED) is 0.885. The maximum Gasteiger partial charge on any atom is 0.134 e. The van der Waals surface area contributed by atoms with Gasteiger partial charge in [0.05, 0.1) is 12.1 Å². The Balaban J connectivity index is 2.39. The molecule has 0 saturated carbocycles. The third-order valence-corrected chi connectivity index (χ3v) is 3.19. The number of hydrogen-bond acceptors (Lipinski definition) is 3. The molecule has 2 unspecified atom stereocenters. The van der Waals surface area contributed by atoms with Gasteiger partial charge in [-0.3, -0.25) is 0 Å². The van der Waals surface area contributed by atoms with Crippen molar-refractivity contribution in [3.05, 3.63) is 35.8 Å². The molecule has 4 heteroatoms. The zero-order valence-electron chi connectivity index (χ0n) is 10.9. The second-order valence-corrected chi connectivity index (χ2v) is 4.28. The van der Waals surface area contributed by atoms with Crippen LogP contribution in [0.3, 0.4) is 0 Å². The molecule has 0 saturated heterocycles. The van der Waals surface area contributed by atoms with Crippen molar-refractivity contribution in [1.29, 1.82) is 0 Å². The van der Waals surface area contributed by atoms with Crippen LogP contribution in [0.1, 0.15) is 25.1 Å². The summed E-state index contributed by atoms with van der Waals surface area (Å²) in [4.78, 5) is 0. The minimum absolute atomic E-state index is 0.0282. The van der Waals surface area contributed by atoms with Crippen LogP contribution in [-0.4, -0.2) is 20.3 Å². The summed E-state index contributed by atoms with van der Waals surface area (Å²) in [6, 6.07) is 6.35. The zero-order chi connectivity index (χ0) is 13.1. The standard InChI is InChI=1S/C14H18FNO2/c1-4-11(17-3)14(16-2)13-8-9-7-10(15)5-6-12(9)18-13/h5-8,11,14,16H,4H2,1-3H3. The van der Waals surface area contributed by atoms with Crippen LogP contribution in [0, 0.1) is 5.82 Å². The third-order valence-electron chi connectivity index (χ3n) is 3.19. The fraction of sp³-hybridized carbons (Fsp3) is 0.429. The van der Waals surface area contributed by atoms with Crippen molar-refractivity contribution >= 4 is 11.0 Å². The van der Waals surface area contributed by atoms with Gasteiger partial charge in [0.2, 0.25) is 0 Å². The molecular formula is C14H18FNO2. The summed E-state index contributed by atoms with van der Waals surface area (Å²) in [5.74, 6) is 0.515. The number of rotatable bonds is 5. The zero-order valence-corrected chi connectivity index (χ0v) is 10.9. The lowest BCUT2D eigenvalue weighted by Gasteiger charge is -2.22. The number of ether oxygens (including phenoxy) is 1. The first-order chi connectivity index (χ1) is 8.69. The van der Waals surface area contributed by atoms with Crippen LogP contribution in [-0.2, 0) is 4.74 Å². The molecule has 0 fully saturated rings. The highest BCUT2D eigenvalue weighted by Gasteiger charge is 2.23. The van der Waals surface area contributed by atoms with Crippen LogP contribution in [0.25, 0.3) is 11.0 Å². The lowest BCUT2D eigenvalue weighted by Crippen LogP contribution is -2.30. The van der Waals surface area contributed by atoms with E-state index in [1.54, 1.807) is 13.2 Å². The third kappa shape index (κ3) is 2.40. The average molecular weight is 251 g/mol. The first-order valence-electron chi connectivity index (χ1n) is 6.08. The smallest absolute Gasteiger partial charge is 0.134 e. The molecule has 18 heavy (non-hydrogen) atoms. The molecule has 1 heterocycles. The molecule has 98 valence electrons. The second-order valence-electron chi connectivity index (χ2n) is 4.28. The molecule has 1 aromatic carbocycles. The Morgan fingerprint density at radius 3 is 2.78 bits per heavy atom. The number of halogens is 1. The molecular weight excluding hydrogens is 233 g/mol. The summed E-state index contributed by atoms with van der Waals surface area (Å²) in [7, 11) is 3.54. The summed E-state index contributed by atoms with van der Waals surface area (Å²) >= 11 is 0. The van der Waals surface area contributed by atoms with Gasteiger partial charge >= 0.3 is 0 Å². The van der Waals surface area contributed by atoms with Gasteiger partial charge in [0.25, 0.3) is 0 Å². The Labute approximate surface area is 106 Å². The maximum atomic E-state index is 13.1. The lowest BCUT2D eigenvalue weighted by molar-refractivity contribution is 0.0611. The van der Waals surface area contributed by atoms with Crippen LogP contribution >= 0.6 is 0 Å². The summed E-state index contributed by atoms with van der Waals surface area (Å²) in [6.45, 7) is 2.06. The molecule has 0 aliphatic carbocycles. The number of nitrogens with one attached hydrogen (secondary N) is 1. The largest absolute Gasteiger partial charge is 0.459 e. The van der Waals surface area contributed by atoms with E-state index in [1.807, 2.05) is 13.1 Å². The number of hydrogen-bond donors (Lipinski definition) is 1. The SMILES string of the molecule is CCC(OC)C(NC)c1cc2cc(F)ccc2o1. The molecule has 0 aliphatic heterocycles. The monoisotopic (exact) mass is 251 g/mol. The maximum absolute atomic E-state index is 13.1. The fourth-order valence-corrected chi connectivity index (χ4v) is 2.24. The van der Waals surface area contributed by atoms with Crippen molar-refractivity contribution in [2.24, 2.45) is 0 Å². The predicted octanol–water partition coefficient (Wildman–Crippen LogP) is 3.26. The van der Waals surface area contributed by atoms with Crippen molar-refractivity contribution in [3.8, 4) is 0 Å². The molecule has 0 bridgehead atoms. The second kappa shape index (κ2) is 5.50. The van der Waals surface area contributed by atoms with Crippen LogP contribution in [0.5, 0.6) is 0 Å². The van der Waals surface area contributed by atoms with Crippen molar-refractivity contribution < 1.29 is 13.5 Å². The van der Waals surface area contributed by atoms with Crippen molar-refractivity contribution in [2.45, 2.75) is 25.5 Å². The molecule has 1 N–H and O–H groups in total. The topological polar surface area (TPSA) is 34.4 Å². The molecule has 3 nitrogen and oxygen atoms in total. The van der Waals surface area contributed by atoms with E-state index in [0.717, 1.165) is 17.6 Å². The van der Waals surface area contributed by atoms with E-state index in [9.17, 15) is 4.39 Å². The number of methoxy groups -OCH3 is 1. The van der Waals surface area contributed by atoms with Crippen LogP contribution in [0.2, 0.25) is 0 Å². The Morgan fingerprint density at radius 1 is 1.39 bits per heavy atom. The average Bonchev–Trinajstić information content (AvgIpc) is 2.78. The van der Waals surface area contributed by atoms with Gasteiger partial charge in [0, 0.05) is 12.5 Å². The number of likely N-dealkylation sites (N-methyl/N-ethyl adjacent to an activating group) is 1. The van der Waals surface area contributed by atoms with Gasteiger partial charge < -0.3 is 14.5 Å². The Hall–Kier alpha value is -1.39. The van der Waals surface area contributed by atoms with Gasteiger partial charge in [-0.05, 0) is 37.7 Å². The Bertz CT molecular complexity index is 519. The normalized spacial score (nSPS) is 14.9. The molecule has 0 spiro atoms. The van der Waals surface area contributed by atoms with E-state index in [0.29, 0.717) is 5.58 Å². The molecule has 2 aromatic rings. The minimum Gasteiger partial charge on any atom is -0.459 e. The molecule has 1 aromatic heterocycles. The van der Waals surface area contributed by atoms with Crippen molar-refractivity contribution in [2.75, 3.05) is 14.2 Å². The molecule has 0 radical (unpaired) electrons.